The van der Waals surface area contributed by atoms with Gasteiger partial charge in [0.05, 0.1) is 5.69 Å². The number of amides is 4. The summed E-state index contributed by atoms with van der Waals surface area (Å²) in [6, 6.07) is 23.1. The number of aryl methyl sites for hydroxylation is 1. The molecule has 0 saturated heterocycles. The fourth-order valence-corrected chi connectivity index (χ4v) is 4.00. The predicted molar refractivity (Wildman–Crippen MR) is 160 cm³/mol. The van der Waals surface area contributed by atoms with Gasteiger partial charge in [-0.25, -0.2) is 9.97 Å². The molecule has 4 N–H and O–H groups in total. The van der Waals surface area contributed by atoms with Crippen LogP contribution in [0.2, 0.25) is 0 Å². The van der Waals surface area contributed by atoms with Crippen LogP contribution in [0.4, 0.5) is 17.3 Å². The van der Waals surface area contributed by atoms with E-state index in [4.69, 9.17) is 0 Å². The summed E-state index contributed by atoms with van der Waals surface area (Å²) < 4.78 is 0. The van der Waals surface area contributed by atoms with Gasteiger partial charge >= 0.3 is 0 Å². The fourth-order valence-electron chi connectivity index (χ4n) is 4.00. The number of likely N-dealkylation sites (N-methyl/N-ethyl adjacent to an activating group) is 2. The first-order valence-corrected chi connectivity index (χ1v) is 13.2. The van der Waals surface area contributed by atoms with E-state index in [0.29, 0.717) is 17.2 Å². The van der Waals surface area contributed by atoms with Crippen LogP contribution in [0.15, 0.2) is 85.1 Å². The van der Waals surface area contributed by atoms with Crippen molar-refractivity contribution in [2.45, 2.75) is 6.92 Å². The molecule has 0 radical (unpaired) electrons. The Labute approximate surface area is 243 Å². The summed E-state index contributed by atoms with van der Waals surface area (Å²) in [7, 11) is 2.89. The Bertz CT molecular complexity index is 1570. The highest BCUT2D eigenvalue weighted by atomic mass is 16.2. The molecule has 11 heteroatoms. The summed E-state index contributed by atoms with van der Waals surface area (Å²) in [5.41, 5.74) is 4.52. The van der Waals surface area contributed by atoms with Crippen molar-refractivity contribution in [2.75, 3.05) is 37.8 Å². The second kappa shape index (κ2) is 13.7. The van der Waals surface area contributed by atoms with Crippen molar-refractivity contribution in [3.63, 3.8) is 0 Å². The number of nitrogens with zero attached hydrogens (tertiary/aromatic N) is 3. The quantitative estimate of drug-likeness (QED) is 0.231. The molecule has 4 rings (SSSR count). The van der Waals surface area contributed by atoms with Crippen molar-refractivity contribution in [2.24, 2.45) is 0 Å². The maximum Gasteiger partial charge on any atom is 0.255 e. The zero-order valence-electron chi connectivity index (χ0n) is 23.5. The molecule has 3 aromatic carbocycles. The first-order chi connectivity index (χ1) is 20.3. The van der Waals surface area contributed by atoms with Crippen LogP contribution in [0.1, 0.15) is 26.3 Å². The molecule has 11 nitrogen and oxygen atoms in total. The van der Waals surface area contributed by atoms with Gasteiger partial charge in [-0.3, -0.25) is 19.2 Å². The standard InChI is InChI=1S/C31H31N7O4/c1-20-9-14-24(17-26(20)37-31-34-16-15-25(36-31)21-7-5-4-6-8-21)35-29(41)22-10-12-23(13-11-22)30(42)38(18-27(39)32-2)19-28(40)33-3/h4-17H,18-19H2,1-3H3,(H,32,39)(H,33,40)(H,35,41)(H,34,36,37). The average Bonchev–Trinajstić information content (AvgIpc) is 3.02. The van der Waals surface area contributed by atoms with Crippen LogP contribution in [0.25, 0.3) is 11.3 Å². The summed E-state index contributed by atoms with van der Waals surface area (Å²) in [5.74, 6) is -1.29. The topological polar surface area (TPSA) is 145 Å². The van der Waals surface area contributed by atoms with Crippen LogP contribution in [-0.2, 0) is 9.59 Å². The van der Waals surface area contributed by atoms with Crippen molar-refractivity contribution in [1.29, 1.82) is 0 Å². The van der Waals surface area contributed by atoms with E-state index in [-0.39, 0.29) is 24.6 Å². The highest BCUT2D eigenvalue weighted by molar-refractivity contribution is 6.05. The van der Waals surface area contributed by atoms with Crippen molar-refractivity contribution < 1.29 is 19.2 Å². The molecule has 0 aliphatic rings. The monoisotopic (exact) mass is 565 g/mol. The summed E-state index contributed by atoms with van der Waals surface area (Å²) >= 11 is 0. The molecular weight excluding hydrogens is 534 g/mol. The fraction of sp³-hybridized carbons (Fsp3) is 0.161. The van der Waals surface area contributed by atoms with Gasteiger partial charge in [-0.2, -0.15) is 0 Å². The molecule has 0 aliphatic carbocycles. The van der Waals surface area contributed by atoms with Gasteiger partial charge in [0.1, 0.15) is 13.1 Å². The Morgan fingerprint density at radius 1 is 0.786 bits per heavy atom. The Kier molecular flexibility index (Phi) is 9.57. The zero-order valence-corrected chi connectivity index (χ0v) is 23.5. The highest BCUT2D eigenvalue weighted by Gasteiger charge is 2.21. The van der Waals surface area contributed by atoms with Crippen molar-refractivity contribution in [3.05, 3.63) is 102 Å². The average molecular weight is 566 g/mol. The largest absolute Gasteiger partial charge is 0.358 e. The van der Waals surface area contributed by atoms with Crippen molar-refractivity contribution in [1.82, 2.24) is 25.5 Å². The predicted octanol–water partition coefficient (Wildman–Crippen LogP) is 3.38. The molecule has 0 aliphatic heterocycles. The zero-order chi connectivity index (χ0) is 30.1. The number of nitrogens with one attached hydrogen (secondary N) is 4. The van der Waals surface area contributed by atoms with Gasteiger partial charge < -0.3 is 26.2 Å². The number of rotatable bonds is 10. The number of hydrogen-bond acceptors (Lipinski definition) is 7. The Morgan fingerprint density at radius 3 is 2.07 bits per heavy atom. The van der Waals surface area contributed by atoms with E-state index >= 15 is 0 Å². The van der Waals surface area contributed by atoms with Gasteiger partial charge in [-0.15, -0.1) is 0 Å². The van der Waals surface area contributed by atoms with Crippen molar-refractivity contribution in [3.8, 4) is 11.3 Å². The van der Waals surface area contributed by atoms with Crippen LogP contribution in [0, 0.1) is 6.92 Å². The van der Waals surface area contributed by atoms with E-state index in [2.05, 4.69) is 31.2 Å². The second-order valence-electron chi connectivity index (χ2n) is 9.33. The molecule has 0 saturated carbocycles. The van der Waals surface area contributed by atoms with E-state index in [1.807, 2.05) is 49.4 Å². The smallest absolute Gasteiger partial charge is 0.255 e. The lowest BCUT2D eigenvalue weighted by Gasteiger charge is -2.21. The third-order valence-corrected chi connectivity index (χ3v) is 6.37. The lowest BCUT2D eigenvalue weighted by molar-refractivity contribution is -0.123. The summed E-state index contributed by atoms with van der Waals surface area (Å²) in [5, 5.41) is 11.0. The van der Waals surface area contributed by atoms with Crippen LogP contribution in [0.3, 0.4) is 0 Å². The first kappa shape index (κ1) is 29.4. The van der Waals surface area contributed by atoms with E-state index in [1.54, 1.807) is 18.3 Å². The van der Waals surface area contributed by atoms with Gasteiger partial charge in [0.15, 0.2) is 0 Å². The van der Waals surface area contributed by atoms with Crippen LogP contribution in [0.5, 0.6) is 0 Å². The van der Waals surface area contributed by atoms with E-state index in [1.165, 1.54) is 38.4 Å². The number of anilines is 3. The SMILES string of the molecule is CNC(=O)CN(CC(=O)NC)C(=O)c1ccc(C(=O)Nc2ccc(C)c(Nc3nccc(-c4ccccc4)n3)c2)cc1. The van der Waals surface area contributed by atoms with E-state index in [9.17, 15) is 19.2 Å². The normalized spacial score (nSPS) is 10.4. The van der Waals surface area contributed by atoms with Gasteiger partial charge in [-0.05, 0) is 55.0 Å². The number of carbonyl (C=O) groups excluding carboxylic acids is 4. The minimum atomic E-state index is -0.512. The van der Waals surface area contributed by atoms with Crippen LogP contribution < -0.4 is 21.3 Å². The molecule has 0 unspecified atom stereocenters. The maximum atomic E-state index is 13.0. The number of carbonyl (C=O) groups is 4. The van der Waals surface area contributed by atoms with E-state index in [0.717, 1.165) is 27.4 Å². The molecule has 214 valence electrons. The molecule has 0 atom stereocenters. The molecule has 4 amide bonds. The Morgan fingerprint density at radius 2 is 1.43 bits per heavy atom. The van der Waals surface area contributed by atoms with Gasteiger partial charge in [0.2, 0.25) is 17.8 Å². The molecule has 42 heavy (non-hydrogen) atoms. The molecule has 1 aromatic heterocycles. The Balaban J connectivity index is 1.45. The summed E-state index contributed by atoms with van der Waals surface area (Å²) in [4.78, 5) is 59.8. The minimum absolute atomic E-state index is 0.235. The lowest BCUT2D eigenvalue weighted by Crippen LogP contribution is -2.44. The molecule has 1 heterocycles. The Hall–Kier alpha value is -5.58. The number of hydrogen-bond donors (Lipinski definition) is 4. The first-order valence-electron chi connectivity index (χ1n) is 13.2. The number of aromatic nitrogens is 2. The molecule has 0 bridgehead atoms. The molecule has 4 aromatic rings. The third kappa shape index (κ3) is 7.54. The number of benzene rings is 3. The third-order valence-electron chi connectivity index (χ3n) is 6.37. The highest BCUT2D eigenvalue weighted by Crippen LogP contribution is 2.25. The van der Waals surface area contributed by atoms with Crippen LogP contribution >= 0.6 is 0 Å². The van der Waals surface area contributed by atoms with Crippen LogP contribution in [-0.4, -0.2) is 65.7 Å². The maximum absolute atomic E-state index is 13.0. The molecule has 0 fully saturated rings. The molecule has 0 spiro atoms. The van der Waals surface area contributed by atoms with E-state index < -0.39 is 17.7 Å². The van der Waals surface area contributed by atoms with Crippen molar-refractivity contribution >= 4 is 41.0 Å². The summed E-state index contributed by atoms with van der Waals surface area (Å²) in [6.07, 6.45) is 1.68. The van der Waals surface area contributed by atoms with Gasteiger partial charge in [-0.1, -0.05) is 36.4 Å². The summed E-state index contributed by atoms with van der Waals surface area (Å²) in [6.45, 7) is 1.37. The second-order valence-corrected chi connectivity index (χ2v) is 9.33. The van der Waals surface area contributed by atoms with Gasteiger partial charge in [0, 0.05) is 48.4 Å². The minimum Gasteiger partial charge on any atom is -0.358 e. The lowest BCUT2D eigenvalue weighted by atomic mass is 10.1. The van der Waals surface area contributed by atoms with Gasteiger partial charge in [0.25, 0.3) is 11.8 Å². The molecular formula is C31H31N7O4.